The zero-order valence-corrected chi connectivity index (χ0v) is 19.2. The van der Waals surface area contributed by atoms with E-state index in [2.05, 4.69) is 37.9 Å². The number of benzene rings is 2. The molecule has 2 heterocycles. The number of rotatable bonds is 4. The SMILES string of the molecule is CC1=C(C(=O)c2ccc(C)cc2)C(c2ccc(C(C)(C)C)cc2)N(c2ccccn2)C1=O. The fourth-order valence-electron chi connectivity index (χ4n) is 4.12. The first-order chi connectivity index (χ1) is 15.2. The summed E-state index contributed by atoms with van der Waals surface area (Å²) in [5.41, 5.74) is 4.73. The van der Waals surface area contributed by atoms with Crippen LogP contribution in [0.2, 0.25) is 0 Å². The Morgan fingerprint density at radius 1 is 0.906 bits per heavy atom. The van der Waals surface area contributed by atoms with Crippen molar-refractivity contribution in [1.82, 2.24) is 4.98 Å². The second kappa shape index (κ2) is 8.19. The molecule has 2 aromatic carbocycles. The number of ketones is 1. The maximum Gasteiger partial charge on any atom is 0.256 e. The first-order valence-electron chi connectivity index (χ1n) is 10.9. The van der Waals surface area contributed by atoms with E-state index < -0.39 is 6.04 Å². The maximum atomic E-state index is 13.6. The molecule has 0 N–H and O–H groups in total. The van der Waals surface area contributed by atoms with E-state index >= 15 is 0 Å². The quantitative estimate of drug-likeness (QED) is 0.485. The summed E-state index contributed by atoms with van der Waals surface area (Å²) >= 11 is 0. The fraction of sp³-hybridized carbons (Fsp3) is 0.250. The highest BCUT2D eigenvalue weighted by Gasteiger charge is 2.42. The van der Waals surface area contributed by atoms with Crippen molar-refractivity contribution in [3.8, 4) is 0 Å². The van der Waals surface area contributed by atoms with E-state index in [-0.39, 0.29) is 17.1 Å². The van der Waals surface area contributed by atoms with E-state index in [0.29, 0.717) is 22.5 Å². The standard InChI is InChI=1S/C28H28N2O2/c1-18-9-11-21(12-10-18)26(31)24-19(2)27(32)30(23-8-6-7-17-29-23)25(24)20-13-15-22(16-14-20)28(3,4)5/h6-17,25H,1-5H3. The van der Waals surface area contributed by atoms with Crippen molar-refractivity contribution in [2.75, 3.05) is 4.90 Å². The van der Waals surface area contributed by atoms with E-state index in [1.807, 2.05) is 55.5 Å². The van der Waals surface area contributed by atoms with Crippen LogP contribution in [0.25, 0.3) is 0 Å². The number of hydrogen-bond acceptors (Lipinski definition) is 3. The van der Waals surface area contributed by atoms with Gasteiger partial charge in [0.25, 0.3) is 5.91 Å². The Morgan fingerprint density at radius 2 is 1.56 bits per heavy atom. The van der Waals surface area contributed by atoms with Crippen molar-refractivity contribution in [2.45, 2.75) is 46.1 Å². The minimum Gasteiger partial charge on any atom is -0.289 e. The Bertz CT molecular complexity index is 1180. The molecular weight excluding hydrogens is 396 g/mol. The first-order valence-corrected chi connectivity index (χ1v) is 10.9. The third kappa shape index (κ3) is 3.89. The van der Waals surface area contributed by atoms with Gasteiger partial charge in [-0.2, -0.15) is 0 Å². The molecule has 1 unspecified atom stereocenters. The lowest BCUT2D eigenvalue weighted by atomic mass is 9.85. The molecule has 1 aliphatic heterocycles. The summed E-state index contributed by atoms with van der Waals surface area (Å²) in [6.07, 6.45) is 1.66. The lowest BCUT2D eigenvalue weighted by molar-refractivity contribution is -0.114. The molecule has 4 nitrogen and oxygen atoms in total. The van der Waals surface area contributed by atoms with Crippen LogP contribution in [0.3, 0.4) is 0 Å². The molecule has 1 aliphatic rings. The molecule has 1 aromatic heterocycles. The summed E-state index contributed by atoms with van der Waals surface area (Å²) in [7, 11) is 0. The number of carbonyl (C=O) groups excluding carboxylic acids is 2. The number of nitrogens with zero attached hydrogens (tertiary/aromatic N) is 2. The molecule has 1 atom stereocenters. The summed E-state index contributed by atoms with van der Waals surface area (Å²) < 4.78 is 0. The first kappa shape index (κ1) is 21.7. The van der Waals surface area contributed by atoms with Crippen LogP contribution in [-0.4, -0.2) is 16.7 Å². The highest BCUT2D eigenvalue weighted by Crippen LogP contribution is 2.42. The van der Waals surface area contributed by atoms with Gasteiger partial charge in [-0.3, -0.25) is 14.5 Å². The molecule has 0 aliphatic carbocycles. The largest absolute Gasteiger partial charge is 0.289 e. The van der Waals surface area contributed by atoms with Crippen LogP contribution >= 0.6 is 0 Å². The van der Waals surface area contributed by atoms with Crippen LogP contribution < -0.4 is 4.90 Å². The lowest BCUT2D eigenvalue weighted by Gasteiger charge is -2.27. The number of amides is 1. The third-order valence-electron chi connectivity index (χ3n) is 6.02. The smallest absolute Gasteiger partial charge is 0.256 e. The number of pyridine rings is 1. The summed E-state index contributed by atoms with van der Waals surface area (Å²) in [5.74, 6) is 0.219. The predicted octanol–water partition coefficient (Wildman–Crippen LogP) is 5.97. The number of hydrogen-bond donors (Lipinski definition) is 0. The summed E-state index contributed by atoms with van der Waals surface area (Å²) in [4.78, 5) is 33.1. The van der Waals surface area contributed by atoms with Crippen LogP contribution in [0.15, 0.2) is 84.1 Å². The number of carbonyl (C=O) groups is 2. The van der Waals surface area contributed by atoms with Crippen molar-refractivity contribution in [3.05, 3.63) is 106 Å². The van der Waals surface area contributed by atoms with Crippen LogP contribution in [0.1, 0.15) is 60.8 Å². The van der Waals surface area contributed by atoms with Gasteiger partial charge >= 0.3 is 0 Å². The Morgan fingerprint density at radius 3 is 2.12 bits per heavy atom. The topological polar surface area (TPSA) is 50.3 Å². The van der Waals surface area contributed by atoms with Crippen LogP contribution in [0, 0.1) is 6.92 Å². The Labute approximate surface area is 189 Å². The average Bonchev–Trinajstić information content (AvgIpc) is 3.04. The number of Topliss-reactive ketones (excluding diaryl/α,β-unsaturated/α-hetero) is 1. The molecule has 0 saturated carbocycles. The molecule has 0 spiro atoms. The Hall–Kier alpha value is -3.53. The van der Waals surface area contributed by atoms with E-state index in [0.717, 1.165) is 11.1 Å². The van der Waals surface area contributed by atoms with Gasteiger partial charge < -0.3 is 0 Å². The summed E-state index contributed by atoms with van der Waals surface area (Å²) in [5, 5.41) is 0. The zero-order chi connectivity index (χ0) is 23.0. The molecule has 32 heavy (non-hydrogen) atoms. The van der Waals surface area contributed by atoms with Gasteiger partial charge in [-0.15, -0.1) is 0 Å². The van der Waals surface area contributed by atoms with Crippen molar-refractivity contribution in [2.24, 2.45) is 0 Å². The van der Waals surface area contributed by atoms with Crippen LogP contribution in [0.5, 0.6) is 0 Å². The summed E-state index contributed by atoms with van der Waals surface area (Å²) in [6.45, 7) is 10.2. The highest BCUT2D eigenvalue weighted by atomic mass is 16.2. The van der Waals surface area contributed by atoms with Crippen molar-refractivity contribution < 1.29 is 9.59 Å². The number of aromatic nitrogens is 1. The molecule has 0 fully saturated rings. The van der Waals surface area contributed by atoms with E-state index in [4.69, 9.17) is 0 Å². The minimum absolute atomic E-state index is 0.0109. The van der Waals surface area contributed by atoms with E-state index in [1.165, 1.54) is 5.56 Å². The molecule has 0 bridgehead atoms. The third-order valence-corrected chi connectivity index (χ3v) is 6.02. The maximum absolute atomic E-state index is 13.6. The predicted molar refractivity (Wildman–Crippen MR) is 128 cm³/mol. The van der Waals surface area contributed by atoms with Gasteiger partial charge in [-0.05, 0) is 42.5 Å². The second-order valence-corrected chi connectivity index (χ2v) is 9.37. The van der Waals surface area contributed by atoms with Gasteiger partial charge in [0.05, 0.1) is 6.04 Å². The zero-order valence-electron chi connectivity index (χ0n) is 19.2. The molecule has 0 saturated heterocycles. The molecule has 1 amide bonds. The normalized spacial score (nSPS) is 16.6. The van der Waals surface area contributed by atoms with Crippen molar-refractivity contribution in [3.63, 3.8) is 0 Å². The van der Waals surface area contributed by atoms with Gasteiger partial charge in [-0.1, -0.05) is 80.9 Å². The fourth-order valence-corrected chi connectivity index (χ4v) is 4.12. The number of anilines is 1. The molecule has 4 heteroatoms. The highest BCUT2D eigenvalue weighted by molar-refractivity contribution is 6.21. The van der Waals surface area contributed by atoms with Crippen molar-refractivity contribution in [1.29, 1.82) is 0 Å². The van der Waals surface area contributed by atoms with Gasteiger partial charge in [0.15, 0.2) is 5.78 Å². The molecule has 162 valence electrons. The van der Waals surface area contributed by atoms with E-state index in [9.17, 15) is 9.59 Å². The van der Waals surface area contributed by atoms with Gasteiger partial charge in [-0.25, -0.2) is 4.98 Å². The molecule has 3 aromatic rings. The second-order valence-electron chi connectivity index (χ2n) is 9.37. The Kier molecular flexibility index (Phi) is 5.55. The van der Waals surface area contributed by atoms with Gasteiger partial charge in [0.2, 0.25) is 0 Å². The van der Waals surface area contributed by atoms with Gasteiger partial charge in [0.1, 0.15) is 5.82 Å². The molecule has 4 rings (SSSR count). The average molecular weight is 425 g/mol. The van der Waals surface area contributed by atoms with Crippen LogP contribution in [0.4, 0.5) is 5.82 Å². The Balaban J connectivity index is 1.85. The van der Waals surface area contributed by atoms with E-state index in [1.54, 1.807) is 24.1 Å². The molecular formula is C28H28N2O2. The van der Waals surface area contributed by atoms with Crippen LogP contribution in [-0.2, 0) is 10.2 Å². The lowest BCUT2D eigenvalue weighted by Crippen LogP contribution is -2.31. The number of aryl methyl sites for hydroxylation is 1. The monoisotopic (exact) mass is 424 g/mol. The summed E-state index contributed by atoms with van der Waals surface area (Å²) in [6, 6.07) is 20.6. The van der Waals surface area contributed by atoms with Gasteiger partial charge in [0, 0.05) is 22.9 Å². The van der Waals surface area contributed by atoms with Crippen molar-refractivity contribution >= 4 is 17.5 Å². The minimum atomic E-state index is -0.528. The molecule has 0 radical (unpaired) electrons.